The summed E-state index contributed by atoms with van der Waals surface area (Å²) in [6.45, 7) is 10.4. The molecule has 0 spiro atoms. The molecule has 0 aliphatic carbocycles. The van der Waals surface area contributed by atoms with Gasteiger partial charge in [0.2, 0.25) is 0 Å². The lowest BCUT2D eigenvalue weighted by Crippen LogP contribution is -2.27. The molecule has 0 amide bonds. The van der Waals surface area contributed by atoms with E-state index < -0.39 is 5.60 Å². The number of anilines is 1. The van der Waals surface area contributed by atoms with Gasteiger partial charge in [0.15, 0.2) is 5.82 Å². The first-order valence-corrected chi connectivity index (χ1v) is 7.02. The smallest absolute Gasteiger partial charge is 0.162 e. The average molecular weight is 363 g/mol. The standard InChI is InChI=1S/C13H22IN3O/c1-12(2,3)9-8(14)10(15-6)17-11(16-9)13(4,5)18-7/h1-7H3,(H,15,16,17). The molecule has 0 saturated heterocycles. The number of nitrogens with one attached hydrogen (secondary N) is 1. The third kappa shape index (κ3) is 3.12. The van der Waals surface area contributed by atoms with E-state index in [1.807, 2.05) is 20.9 Å². The molecule has 18 heavy (non-hydrogen) atoms. The Hall–Kier alpha value is -0.430. The predicted octanol–water partition coefficient (Wildman–Crippen LogP) is 3.30. The first-order valence-electron chi connectivity index (χ1n) is 5.95. The van der Waals surface area contributed by atoms with Crippen LogP contribution in [0.1, 0.15) is 46.1 Å². The van der Waals surface area contributed by atoms with Crippen molar-refractivity contribution in [3.05, 3.63) is 15.1 Å². The highest BCUT2D eigenvalue weighted by Gasteiger charge is 2.29. The molecule has 0 atom stereocenters. The summed E-state index contributed by atoms with van der Waals surface area (Å²) in [6, 6.07) is 0. The fourth-order valence-corrected chi connectivity index (χ4v) is 2.79. The monoisotopic (exact) mass is 363 g/mol. The first-order chi connectivity index (χ1) is 8.13. The summed E-state index contributed by atoms with van der Waals surface area (Å²) in [7, 11) is 3.55. The lowest BCUT2D eigenvalue weighted by Gasteiger charge is -2.26. The molecule has 1 rings (SSSR count). The van der Waals surface area contributed by atoms with E-state index in [1.165, 1.54) is 0 Å². The summed E-state index contributed by atoms with van der Waals surface area (Å²) in [5.41, 5.74) is 0.530. The van der Waals surface area contributed by atoms with Gasteiger partial charge in [-0.2, -0.15) is 0 Å². The van der Waals surface area contributed by atoms with Crippen LogP contribution < -0.4 is 5.32 Å². The number of hydrogen-bond donors (Lipinski definition) is 1. The van der Waals surface area contributed by atoms with Crippen molar-refractivity contribution in [3.8, 4) is 0 Å². The summed E-state index contributed by atoms with van der Waals surface area (Å²) in [6.07, 6.45) is 0. The van der Waals surface area contributed by atoms with Gasteiger partial charge in [0.05, 0.1) is 9.26 Å². The van der Waals surface area contributed by atoms with Crippen LogP contribution >= 0.6 is 22.6 Å². The lowest BCUT2D eigenvalue weighted by atomic mass is 9.91. The van der Waals surface area contributed by atoms with Gasteiger partial charge in [-0.05, 0) is 36.4 Å². The molecule has 0 unspecified atom stereocenters. The Balaban J connectivity index is 3.50. The zero-order valence-corrected chi connectivity index (χ0v) is 14.3. The summed E-state index contributed by atoms with van der Waals surface area (Å²) in [4.78, 5) is 9.26. The molecule has 5 heteroatoms. The predicted molar refractivity (Wildman–Crippen MR) is 83.0 cm³/mol. The highest BCUT2D eigenvalue weighted by Crippen LogP contribution is 2.32. The third-order valence-corrected chi connectivity index (χ3v) is 3.87. The van der Waals surface area contributed by atoms with Crippen LogP contribution in [0.25, 0.3) is 0 Å². The lowest BCUT2D eigenvalue weighted by molar-refractivity contribution is 0.0112. The number of rotatable bonds is 3. The average Bonchev–Trinajstić information content (AvgIpc) is 2.27. The van der Waals surface area contributed by atoms with E-state index in [-0.39, 0.29) is 5.41 Å². The van der Waals surface area contributed by atoms with Crippen molar-refractivity contribution in [1.29, 1.82) is 0 Å². The van der Waals surface area contributed by atoms with Crippen LogP contribution in [0.3, 0.4) is 0 Å². The van der Waals surface area contributed by atoms with E-state index in [1.54, 1.807) is 7.11 Å². The van der Waals surface area contributed by atoms with Crippen LogP contribution in [0, 0.1) is 3.57 Å². The highest BCUT2D eigenvalue weighted by molar-refractivity contribution is 14.1. The first kappa shape index (κ1) is 15.6. The van der Waals surface area contributed by atoms with E-state index in [0.29, 0.717) is 5.82 Å². The second-order valence-corrected chi connectivity index (χ2v) is 6.85. The summed E-state index contributed by atoms with van der Waals surface area (Å²) in [5, 5.41) is 3.13. The zero-order valence-electron chi connectivity index (χ0n) is 12.2. The number of methoxy groups -OCH3 is 1. The molecule has 1 N–H and O–H groups in total. The molecule has 0 bridgehead atoms. The van der Waals surface area contributed by atoms with E-state index in [4.69, 9.17) is 9.72 Å². The van der Waals surface area contributed by atoms with Crippen molar-refractivity contribution in [2.45, 2.75) is 45.6 Å². The van der Waals surface area contributed by atoms with Crippen LogP contribution in [-0.4, -0.2) is 24.1 Å². The van der Waals surface area contributed by atoms with Gasteiger partial charge in [0.25, 0.3) is 0 Å². The fraction of sp³-hybridized carbons (Fsp3) is 0.692. The maximum Gasteiger partial charge on any atom is 0.162 e. The molecule has 0 aliphatic rings. The van der Waals surface area contributed by atoms with Crippen LogP contribution in [0.15, 0.2) is 0 Å². The number of nitrogens with zero attached hydrogens (tertiary/aromatic N) is 2. The molecule has 0 fully saturated rings. The Morgan fingerprint density at radius 2 is 1.67 bits per heavy atom. The van der Waals surface area contributed by atoms with E-state index in [9.17, 15) is 0 Å². The quantitative estimate of drug-likeness (QED) is 0.838. The van der Waals surface area contributed by atoms with Gasteiger partial charge in [0.1, 0.15) is 11.4 Å². The summed E-state index contributed by atoms with van der Waals surface area (Å²) in [5.74, 6) is 1.57. The van der Waals surface area contributed by atoms with Crippen molar-refractivity contribution < 1.29 is 4.74 Å². The van der Waals surface area contributed by atoms with Gasteiger partial charge < -0.3 is 10.1 Å². The minimum Gasteiger partial charge on any atom is -0.372 e. The molecule has 0 aromatic carbocycles. The molecule has 0 saturated carbocycles. The van der Waals surface area contributed by atoms with E-state index >= 15 is 0 Å². The maximum absolute atomic E-state index is 5.48. The summed E-state index contributed by atoms with van der Waals surface area (Å²) >= 11 is 2.29. The normalized spacial score (nSPS) is 12.7. The van der Waals surface area contributed by atoms with Crippen LogP contribution in [0.5, 0.6) is 0 Å². The molecule has 1 aromatic heterocycles. The minimum absolute atomic E-state index is 0.0242. The Bertz CT molecular complexity index is 439. The van der Waals surface area contributed by atoms with Crippen LogP contribution in [0.2, 0.25) is 0 Å². The second-order valence-electron chi connectivity index (χ2n) is 5.77. The minimum atomic E-state index is -0.490. The van der Waals surface area contributed by atoms with Gasteiger partial charge in [0, 0.05) is 19.6 Å². The molecular weight excluding hydrogens is 341 g/mol. The largest absolute Gasteiger partial charge is 0.372 e. The van der Waals surface area contributed by atoms with Crippen LogP contribution in [0.4, 0.5) is 5.82 Å². The van der Waals surface area contributed by atoms with Crippen molar-refractivity contribution in [2.75, 3.05) is 19.5 Å². The number of ether oxygens (including phenoxy) is 1. The highest BCUT2D eigenvalue weighted by atomic mass is 127. The van der Waals surface area contributed by atoms with Gasteiger partial charge in [-0.25, -0.2) is 9.97 Å². The second kappa shape index (κ2) is 5.28. The van der Waals surface area contributed by atoms with Crippen molar-refractivity contribution in [2.24, 2.45) is 0 Å². The van der Waals surface area contributed by atoms with Gasteiger partial charge >= 0.3 is 0 Å². The van der Waals surface area contributed by atoms with Gasteiger partial charge in [-0.1, -0.05) is 20.8 Å². The SMILES string of the molecule is CNc1nc(C(C)(C)OC)nc(C(C)(C)C)c1I. The van der Waals surface area contributed by atoms with Gasteiger partial charge in [-0.15, -0.1) is 0 Å². The van der Waals surface area contributed by atoms with Crippen molar-refractivity contribution in [3.63, 3.8) is 0 Å². The fourth-order valence-electron chi connectivity index (χ4n) is 1.47. The number of hydrogen-bond acceptors (Lipinski definition) is 4. The molecule has 1 heterocycles. The molecule has 0 aliphatic heterocycles. The third-order valence-electron chi connectivity index (χ3n) is 2.85. The molecule has 4 nitrogen and oxygen atoms in total. The Morgan fingerprint density at radius 1 is 1.11 bits per heavy atom. The Labute approximate surface area is 123 Å². The van der Waals surface area contributed by atoms with Crippen molar-refractivity contribution >= 4 is 28.4 Å². The van der Waals surface area contributed by atoms with Crippen molar-refractivity contribution in [1.82, 2.24) is 9.97 Å². The topological polar surface area (TPSA) is 47.0 Å². The molecular formula is C13H22IN3O. The molecule has 0 radical (unpaired) electrons. The zero-order chi connectivity index (χ0) is 14.1. The maximum atomic E-state index is 5.48. The van der Waals surface area contributed by atoms with E-state index in [2.05, 4.69) is 53.7 Å². The number of aromatic nitrogens is 2. The Morgan fingerprint density at radius 3 is 2.06 bits per heavy atom. The molecule has 102 valence electrons. The summed E-state index contributed by atoms with van der Waals surface area (Å²) < 4.78 is 6.54. The van der Waals surface area contributed by atoms with E-state index in [0.717, 1.165) is 15.1 Å². The number of halogens is 1. The Kier molecular flexibility index (Phi) is 4.59. The molecule has 1 aromatic rings. The van der Waals surface area contributed by atoms with Crippen LogP contribution in [-0.2, 0) is 15.8 Å². The van der Waals surface area contributed by atoms with Gasteiger partial charge in [-0.3, -0.25) is 0 Å².